The van der Waals surface area contributed by atoms with E-state index in [0.29, 0.717) is 35.6 Å². The number of ether oxygens (including phenoxy) is 1. The lowest BCUT2D eigenvalue weighted by atomic mass is 9.75. The monoisotopic (exact) mass is 667 g/mol. The number of oxazole rings is 1. The maximum absolute atomic E-state index is 14.4. The minimum Gasteiger partial charge on any atom is -0.472 e. The summed E-state index contributed by atoms with van der Waals surface area (Å²) in [7, 11) is 0. The van der Waals surface area contributed by atoms with Gasteiger partial charge in [0.25, 0.3) is 5.89 Å². The van der Waals surface area contributed by atoms with Crippen LogP contribution in [-0.2, 0) is 14.4 Å². The van der Waals surface area contributed by atoms with E-state index >= 15 is 0 Å². The van der Waals surface area contributed by atoms with E-state index in [1.807, 2.05) is 41.5 Å². The van der Waals surface area contributed by atoms with Crippen LogP contribution in [0.5, 0.6) is 5.88 Å². The number of Topliss-reactive ketones (excluding diaryl/α,β-unsaturated/α-hetero) is 3. The highest BCUT2D eigenvalue weighted by atomic mass is 35.5. The summed E-state index contributed by atoms with van der Waals surface area (Å²) in [6, 6.07) is 2.53. The molecule has 3 heterocycles. The largest absolute Gasteiger partial charge is 0.472 e. The molecule has 2 aromatic rings. The van der Waals surface area contributed by atoms with Gasteiger partial charge in [0, 0.05) is 55.7 Å². The van der Waals surface area contributed by atoms with Gasteiger partial charge in [-0.25, -0.2) is 9.97 Å². The van der Waals surface area contributed by atoms with Gasteiger partial charge in [-0.05, 0) is 42.1 Å². The first-order chi connectivity index (χ1) is 22.1. The van der Waals surface area contributed by atoms with Gasteiger partial charge in [-0.2, -0.15) is 0 Å². The van der Waals surface area contributed by atoms with Crippen LogP contribution in [-0.4, -0.2) is 56.8 Å². The lowest BCUT2D eigenvalue weighted by molar-refractivity contribution is -0.146. The molecule has 2 aromatic heterocycles. The first kappa shape index (κ1) is 35.2. The third-order valence-corrected chi connectivity index (χ3v) is 10.0. The van der Waals surface area contributed by atoms with Gasteiger partial charge < -0.3 is 14.1 Å². The van der Waals surface area contributed by atoms with Crippen LogP contribution >= 0.6 is 11.6 Å². The number of likely N-dealkylation sites (tertiary alicyclic amines) is 1. The topological polar surface area (TPSA) is 120 Å². The smallest absolute Gasteiger partial charge is 0.263 e. The van der Waals surface area contributed by atoms with Crippen LogP contribution in [0.4, 0.5) is 0 Å². The van der Waals surface area contributed by atoms with E-state index in [0.717, 1.165) is 37.8 Å². The highest BCUT2D eigenvalue weighted by molar-refractivity contribution is 6.30. The van der Waals surface area contributed by atoms with Gasteiger partial charge in [-0.3, -0.25) is 19.2 Å². The van der Waals surface area contributed by atoms with Crippen LogP contribution in [0.3, 0.4) is 0 Å². The molecule has 47 heavy (non-hydrogen) atoms. The highest BCUT2D eigenvalue weighted by Crippen LogP contribution is 2.41. The Bertz CT molecular complexity index is 1450. The average Bonchev–Trinajstić information content (AvgIpc) is 3.53. The molecule has 3 fully saturated rings. The van der Waals surface area contributed by atoms with Crippen molar-refractivity contribution in [3.8, 4) is 5.88 Å². The molecule has 5 rings (SSSR count). The van der Waals surface area contributed by atoms with Crippen molar-refractivity contribution in [3.63, 3.8) is 0 Å². The van der Waals surface area contributed by atoms with E-state index in [4.69, 9.17) is 20.8 Å². The zero-order valence-electron chi connectivity index (χ0n) is 28.7. The zero-order chi connectivity index (χ0) is 34.1. The molecule has 0 N–H and O–H groups in total. The van der Waals surface area contributed by atoms with Crippen molar-refractivity contribution in [1.82, 2.24) is 14.9 Å². The van der Waals surface area contributed by atoms with Gasteiger partial charge in [-0.15, -0.1) is 0 Å². The number of hydrogen-bond donors (Lipinski definition) is 0. The van der Waals surface area contributed by atoms with E-state index in [-0.39, 0.29) is 60.4 Å². The van der Waals surface area contributed by atoms with Crippen LogP contribution in [0.15, 0.2) is 29.0 Å². The molecule has 3 aliphatic rings. The molecule has 1 unspecified atom stereocenters. The second kappa shape index (κ2) is 14.2. The number of aromatic nitrogens is 2. The molecule has 1 aliphatic heterocycles. The Morgan fingerprint density at radius 3 is 2.34 bits per heavy atom. The fourth-order valence-corrected chi connectivity index (χ4v) is 6.93. The Hall–Kier alpha value is -3.07. The lowest BCUT2D eigenvalue weighted by Crippen LogP contribution is -2.48. The Balaban J connectivity index is 1.38. The Labute approximate surface area is 283 Å². The average molecular weight is 668 g/mol. The minimum atomic E-state index is -0.800. The van der Waals surface area contributed by atoms with Gasteiger partial charge in [0.1, 0.15) is 18.2 Å². The van der Waals surface area contributed by atoms with E-state index in [1.54, 1.807) is 23.3 Å². The van der Waals surface area contributed by atoms with E-state index in [9.17, 15) is 19.2 Å². The summed E-state index contributed by atoms with van der Waals surface area (Å²) in [5, 5.41) is 0.471. The van der Waals surface area contributed by atoms with Crippen molar-refractivity contribution >= 4 is 34.9 Å². The minimum absolute atomic E-state index is 0.0139. The standard InChI is InChI=1S/C37H50ClN3O6/c1-36(2,3)18-26(42)16-28(37(4,5)6)35(45)41-20-27(47-32-13-12-25(38)19-39-32)17-30(41)31(43)15-24(14-22-8-7-9-22)33(44)34-40-29(21-46-34)23-10-11-23/h12-13,19,21-24,27-28,30H,7-11,14-18,20H2,1-6H3/t24?,27-,28-,30+/m1/s1. The Kier molecular flexibility index (Phi) is 10.6. The molecule has 1 saturated heterocycles. The predicted octanol–water partition coefficient (Wildman–Crippen LogP) is 7.65. The molecule has 0 spiro atoms. The number of hydrogen-bond acceptors (Lipinski definition) is 8. The van der Waals surface area contributed by atoms with Gasteiger partial charge in [0.15, 0.2) is 5.78 Å². The molecule has 0 bridgehead atoms. The fourth-order valence-electron chi connectivity index (χ4n) is 6.82. The SMILES string of the molecule is CC(C)(C)CC(=O)C[C@H](C(=O)N1C[C@H](Oc2ccc(Cl)cn2)C[C@H]1C(=O)CC(CC1CCC1)C(=O)c1nc(C2CC2)co1)C(C)(C)C. The Morgan fingerprint density at radius 1 is 1.04 bits per heavy atom. The van der Waals surface area contributed by atoms with Crippen LogP contribution in [0, 0.1) is 28.6 Å². The summed E-state index contributed by atoms with van der Waals surface area (Å²) >= 11 is 6.02. The zero-order valence-corrected chi connectivity index (χ0v) is 29.5. The van der Waals surface area contributed by atoms with Gasteiger partial charge in [0.2, 0.25) is 17.6 Å². The summed E-state index contributed by atoms with van der Waals surface area (Å²) < 4.78 is 11.8. The van der Waals surface area contributed by atoms with Crippen LogP contribution in [0.2, 0.25) is 5.02 Å². The molecule has 1 amide bonds. The van der Waals surface area contributed by atoms with Crippen LogP contribution in [0.1, 0.15) is 128 Å². The molecule has 4 atom stereocenters. The molecule has 0 aromatic carbocycles. The summed E-state index contributed by atoms with van der Waals surface area (Å²) in [6.07, 6.45) is 9.13. The molecular formula is C37H50ClN3O6. The van der Waals surface area contributed by atoms with Gasteiger partial charge in [-0.1, -0.05) is 72.4 Å². The van der Waals surface area contributed by atoms with Crippen molar-refractivity contribution in [2.45, 2.75) is 124 Å². The number of carbonyl (C=O) groups excluding carboxylic acids is 4. The summed E-state index contributed by atoms with van der Waals surface area (Å²) in [6.45, 7) is 12.1. The summed E-state index contributed by atoms with van der Waals surface area (Å²) in [5.41, 5.74) is 0.0744. The molecule has 2 saturated carbocycles. The first-order valence-electron chi connectivity index (χ1n) is 17.2. The molecule has 256 valence electrons. The van der Waals surface area contributed by atoms with Crippen molar-refractivity contribution < 1.29 is 28.3 Å². The van der Waals surface area contributed by atoms with Crippen LogP contribution < -0.4 is 4.74 Å². The third kappa shape index (κ3) is 9.30. The first-order valence-corrected chi connectivity index (χ1v) is 17.6. The van der Waals surface area contributed by atoms with Crippen LogP contribution in [0.25, 0.3) is 0 Å². The summed E-state index contributed by atoms with van der Waals surface area (Å²) in [5.74, 6) is -0.707. The number of halogens is 1. The molecule has 0 radical (unpaired) electrons. The highest BCUT2D eigenvalue weighted by Gasteiger charge is 2.46. The van der Waals surface area contributed by atoms with Gasteiger partial charge >= 0.3 is 0 Å². The Morgan fingerprint density at radius 2 is 1.77 bits per heavy atom. The van der Waals surface area contributed by atoms with E-state index in [1.165, 1.54) is 6.20 Å². The normalized spacial score (nSPS) is 21.6. The molecule has 10 heteroatoms. The number of rotatable bonds is 14. The number of carbonyl (C=O) groups is 4. The second-order valence-corrected chi connectivity index (χ2v) is 16.7. The second-order valence-electron chi connectivity index (χ2n) is 16.3. The molecule has 9 nitrogen and oxygen atoms in total. The van der Waals surface area contributed by atoms with Crippen molar-refractivity contribution in [2.24, 2.45) is 28.6 Å². The number of amides is 1. The molecule has 2 aliphatic carbocycles. The van der Waals surface area contributed by atoms with Gasteiger partial charge in [0.05, 0.1) is 23.3 Å². The number of nitrogens with zero attached hydrogens (tertiary/aromatic N) is 3. The summed E-state index contributed by atoms with van der Waals surface area (Å²) in [4.78, 5) is 66.1. The quantitative estimate of drug-likeness (QED) is 0.188. The van der Waals surface area contributed by atoms with Crippen molar-refractivity contribution in [3.05, 3.63) is 41.2 Å². The van der Waals surface area contributed by atoms with Crippen molar-refractivity contribution in [1.29, 1.82) is 0 Å². The maximum atomic E-state index is 14.4. The number of pyridine rings is 1. The third-order valence-electron chi connectivity index (χ3n) is 9.80. The predicted molar refractivity (Wildman–Crippen MR) is 178 cm³/mol. The lowest BCUT2D eigenvalue weighted by Gasteiger charge is -2.35. The van der Waals surface area contributed by atoms with Crippen molar-refractivity contribution in [2.75, 3.05) is 6.54 Å². The van der Waals surface area contributed by atoms with E-state index in [2.05, 4.69) is 9.97 Å². The maximum Gasteiger partial charge on any atom is 0.263 e. The fraction of sp³-hybridized carbons (Fsp3) is 0.676. The van der Waals surface area contributed by atoms with E-state index < -0.39 is 29.4 Å². The molecular weight excluding hydrogens is 618 g/mol. The number of ketones is 3.